The molecule has 0 radical (unpaired) electrons. The van der Waals surface area contributed by atoms with Crippen LogP contribution in [0.25, 0.3) is 0 Å². The van der Waals surface area contributed by atoms with E-state index >= 15 is 0 Å². The van der Waals surface area contributed by atoms with E-state index in [0.29, 0.717) is 11.3 Å². The molecule has 8 heteroatoms. The standard InChI is InChI=1S/C11H16ClNO4S2/c1-8-7-9(18(12,14)15)5-6-10(8)13-19(16,17)11(2,3)4/h5-7,13H,1-4H3. The van der Waals surface area contributed by atoms with E-state index in [2.05, 4.69) is 4.72 Å². The molecule has 19 heavy (non-hydrogen) atoms. The molecule has 0 aliphatic carbocycles. The summed E-state index contributed by atoms with van der Waals surface area (Å²) in [6.07, 6.45) is 0. The Labute approximate surface area is 118 Å². The highest BCUT2D eigenvalue weighted by Gasteiger charge is 2.29. The van der Waals surface area contributed by atoms with E-state index in [-0.39, 0.29) is 4.90 Å². The van der Waals surface area contributed by atoms with Gasteiger partial charge in [0.05, 0.1) is 15.3 Å². The Bertz CT molecular complexity index is 688. The topological polar surface area (TPSA) is 80.3 Å². The summed E-state index contributed by atoms with van der Waals surface area (Å²) in [5, 5.41) is 0. The lowest BCUT2D eigenvalue weighted by atomic mass is 10.2. The molecule has 1 aromatic carbocycles. The number of hydrogen-bond acceptors (Lipinski definition) is 4. The molecule has 1 rings (SSSR count). The van der Waals surface area contributed by atoms with Crippen molar-refractivity contribution in [1.29, 1.82) is 0 Å². The Morgan fingerprint density at radius 2 is 1.63 bits per heavy atom. The Balaban J connectivity index is 3.20. The average Bonchev–Trinajstić information content (AvgIpc) is 2.17. The van der Waals surface area contributed by atoms with E-state index in [4.69, 9.17) is 10.7 Å². The summed E-state index contributed by atoms with van der Waals surface area (Å²) < 4.78 is 47.8. The van der Waals surface area contributed by atoms with Crippen LogP contribution in [0, 0.1) is 6.92 Å². The molecule has 1 aromatic rings. The first kappa shape index (κ1) is 16.3. The van der Waals surface area contributed by atoms with Crippen molar-refractivity contribution < 1.29 is 16.8 Å². The number of rotatable bonds is 3. The predicted molar refractivity (Wildman–Crippen MR) is 76.5 cm³/mol. The lowest BCUT2D eigenvalue weighted by Crippen LogP contribution is -2.33. The smallest absolute Gasteiger partial charge is 0.261 e. The molecule has 0 heterocycles. The van der Waals surface area contributed by atoms with Crippen LogP contribution in [0.15, 0.2) is 23.1 Å². The van der Waals surface area contributed by atoms with Crippen molar-refractivity contribution in [3.8, 4) is 0 Å². The normalized spacial score (nSPS) is 13.3. The van der Waals surface area contributed by atoms with Gasteiger partial charge in [-0.2, -0.15) is 0 Å². The Morgan fingerprint density at radius 1 is 1.11 bits per heavy atom. The zero-order chi connectivity index (χ0) is 15.1. The van der Waals surface area contributed by atoms with Crippen molar-refractivity contribution in [2.45, 2.75) is 37.3 Å². The van der Waals surface area contributed by atoms with Crippen molar-refractivity contribution in [3.05, 3.63) is 23.8 Å². The molecule has 0 aliphatic heterocycles. The second-order valence-corrected chi connectivity index (χ2v) is 10.1. The third-order valence-electron chi connectivity index (χ3n) is 2.53. The molecule has 0 amide bonds. The van der Waals surface area contributed by atoms with Crippen LogP contribution in [0.2, 0.25) is 0 Å². The summed E-state index contributed by atoms with van der Waals surface area (Å²) in [6.45, 7) is 6.32. The monoisotopic (exact) mass is 325 g/mol. The Kier molecular flexibility index (Phi) is 4.24. The number of hydrogen-bond donors (Lipinski definition) is 1. The van der Waals surface area contributed by atoms with E-state index in [0.717, 1.165) is 0 Å². The number of nitrogens with one attached hydrogen (secondary N) is 1. The quantitative estimate of drug-likeness (QED) is 0.866. The summed E-state index contributed by atoms with van der Waals surface area (Å²) in [4.78, 5) is -0.0645. The Morgan fingerprint density at radius 3 is 2.00 bits per heavy atom. The molecular weight excluding hydrogens is 310 g/mol. The molecule has 0 saturated heterocycles. The van der Waals surface area contributed by atoms with E-state index in [9.17, 15) is 16.8 Å². The maximum atomic E-state index is 12.0. The molecule has 0 bridgehead atoms. The molecule has 0 fully saturated rings. The minimum absolute atomic E-state index is 0.0645. The highest BCUT2D eigenvalue weighted by molar-refractivity contribution is 8.13. The fourth-order valence-electron chi connectivity index (χ4n) is 1.20. The number of sulfonamides is 1. The summed E-state index contributed by atoms with van der Waals surface area (Å²) in [6, 6.07) is 3.96. The Hall–Kier alpha value is -0.790. The number of aryl methyl sites for hydroxylation is 1. The molecule has 0 atom stereocenters. The lowest BCUT2D eigenvalue weighted by molar-refractivity contribution is 0.566. The van der Waals surface area contributed by atoms with Gasteiger partial charge < -0.3 is 0 Å². The van der Waals surface area contributed by atoms with Gasteiger partial charge in [0.1, 0.15) is 0 Å². The van der Waals surface area contributed by atoms with Crippen molar-refractivity contribution >= 4 is 35.4 Å². The van der Waals surface area contributed by atoms with Gasteiger partial charge in [0.15, 0.2) is 0 Å². The largest absolute Gasteiger partial charge is 0.283 e. The molecule has 0 saturated carbocycles. The van der Waals surface area contributed by atoms with Crippen molar-refractivity contribution in [3.63, 3.8) is 0 Å². The van der Waals surface area contributed by atoms with Gasteiger partial charge in [0, 0.05) is 10.7 Å². The zero-order valence-electron chi connectivity index (χ0n) is 11.1. The average molecular weight is 326 g/mol. The fraction of sp³-hybridized carbons (Fsp3) is 0.455. The zero-order valence-corrected chi connectivity index (χ0v) is 13.4. The summed E-state index contributed by atoms with van der Waals surface area (Å²) >= 11 is 0. The van der Waals surface area contributed by atoms with Gasteiger partial charge in [0.25, 0.3) is 9.05 Å². The van der Waals surface area contributed by atoms with Gasteiger partial charge in [-0.15, -0.1) is 0 Å². The molecule has 1 N–H and O–H groups in total. The van der Waals surface area contributed by atoms with Crippen molar-refractivity contribution in [1.82, 2.24) is 0 Å². The van der Waals surface area contributed by atoms with Crippen LogP contribution in [0.4, 0.5) is 5.69 Å². The second-order valence-electron chi connectivity index (χ2n) is 5.13. The molecule has 0 unspecified atom stereocenters. The van der Waals surface area contributed by atoms with Crippen LogP contribution in [0.3, 0.4) is 0 Å². The van der Waals surface area contributed by atoms with E-state index < -0.39 is 23.8 Å². The van der Waals surface area contributed by atoms with Crippen LogP contribution < -0.4 is 4.72 Å². The highest BCUT2D eigenvalue weighted by Crippen LogP contribution is 2.25. The first-order valence-corrected chi connectivity index (χ1v) is 9.21. The molecule has 108 valence electrons. The second kappa shape index (κ2) is 4.96. The van der Waals surface area contributed by atoms with E-state index in [1.807, 2.05) is 0 Å². The molecule has 0 aromatic heterocycles. The van der Waals surface area contributed by atoms with E-state index in [1.165, 1.54) is 18.2 Å². The van der Waals surface area contributed by atoms with Crippen LogP contribution in [0.1, 0.15) is 26.3 Å². The number of halogens is 1. The van der Waals surface area contributed by atoms with Gasteiger partial charge in [-0.25, -0.2) is 16.8 Å². The third kappa shape index (κ3) is 3.84. The van der Waals surface area contributed by atoms with Crippen LogP contribution in [-0.2, 0) is 19.1 Å². The number of anilines is 1. The molecular formula is C11H16ClNO4S2. The highest BCUT2D eigenvalue weighted by atomic mass is 35.7. The number of benzene rings is 1. The van der Waals surface area contributed by atoms with Gasteiger partial charge in [0.2, 0.25) is 10.0 Å². The van der Waals surface area contributed by atoms with Gasteiger partial charge in [-0.1, -0.05) is 0 Å². The van der Waals surface area contributed by atoms with Gasteiger partial charge >= 0.3 is 0 Å². The SMILES string of the molecule is Cc1cc(S(=O)(=O)Cl)ccc1NS(=O)(=O)C(C)(C)C. The summed E-state index contributed by atoms with van der Waals surface area (Å²) in [7, 11) is -2.15. The van der Waals surface area contributed by atoms with Crippen LogP contribution in [-0.4, -0.2) is 21.6 Å². The van der Waals surface area contributed by atoms with Gasteiger partial charge in [-0.3, -0.25) is 4.72 Å². The maximum absolute atomic E-state index is 12.0. The molecule has 0 spiro atoms. The molecule has 0 aliphatic rings. The molecule has 5 nitrogen and oxygen atoms in total. The lowest BCUT2D eigenvalue weighted by Gasteiger charge is -2.21. The van der Waals surface area contributed by atoms with Crippen LogP contribution >= 0.6 is 10.7 Å². The first-order valence-electron chi connectivity index (χ1n) is 5.42. The van der Waals surface area contributed by atoms with E-state index in [1.54, 1.807) is 27.7 Å². The minimum atomic E-state index is -3.82. The predicted octanol–water partition coefficient (Wildman–Crippen LogP) is 2.46. The fourth-order valence-corrected chi connectivity index (χ4v) is 2.86. The summed E-state index contributed by atoms with van der Waals surface area (Å²) in [5.41, 5.74) is 0.813. The van der Waals surface area contributed by atoms with Crippen molar-refractivity contribution in [2.75, 3.05) is 4.72 Å². The first-order chi connectivity index (χ1) is 8.34. The summed E-state index contributed by atoms with van der Waals surface area (Å²) in [5.74, 6) is 0. The third-order valence-corrected chi connectivity index (χ3v) is 5.98. The van der Waals surface area contributed by atoms with Crippen molar-refractivity contribution in [2.24, 2.45) is 0 Å². The van der Waals surface area contributed by atoms with Crippen LogP contribution in [0.5, 0.6) is 0 Å². The van der Waals surface area contributed by atoms with Gasteiger partial charge in [-0.05, 0) is 51.5 Å². The maximum Gasteiger partial charge on any atom is 0.261 e. The minimum Gasteiger partial charge on any atom is -0.283 e.